The molecule has 0 aromatic carbocycles. The molecule has 0 unspecified atom stereocenters. The summed E-state index contributed by atoms with van der Waals surface area (Å²) in [6, 6.07) is 0. The maximum atomic E-state index is 14.4. The standard InChI is InChI=1S/C63H124O2S24/c64-60(7-15-62(9-1-23-72-35-47-84-53-41-78-29-17-66,10-2-24-73-36-48-85-54-42-79-30-18-67)11-3-25-74-37-49-86-55-43-80-31-19-68)59-61(65)8-16-63(12-4-26-75-38-50-87-56-44-81-32-20-69,13-5-27-76-39-51-88-57-45-82-33-21-70)14-6-28-77-40-52-89-58-46-83-34-22-71/h66-71H,1-59H2. The molecule has 0 aliphatic heterocycles. The van der Waals surface area contributed by atoms with E-state index in [2.05, 4.69) is 217 Å². The van der Waals surface area contributed by atoms with Gasteiger partial charge in [0.15, 0.2) is 0 Å². The molecule has 0 atom stereocenters. The molecule has 0 saturated carbocycles. The van der Waals surface area contributed by atoms with Gasteiger partial charge >= 0.3 is 0 Å². The lowest BCUT2D eigenvalue weighted by molar-refractivity contribution is -0.127. The van der Waals surface area contributed by atoms with Crippen molar-refractivity contribution in [1.82, 2.24) is 0 Å². The van der Waals surface area contributed by atoms with Crippen LogP contribution in [0.5, 0.6) is 0 Å². The number of thioether (sulfide) groups is 18. The molecular weight excluding hydrogens is 1560 g/mol. The minimum atomic E-state index is 0.135. The molecule has 0 amide bonds. The van der Waals surface area contributed by atoms with E-state index in [1.54, 1.807) is 0 Å². The van der Waals surface area contributed by atoms with Gasteiger partial charge in [0.05, 0.1) is 6.42 Å². The summed E-state index contributed by atoms with van der Waals surface area (Å²) in [5, 5.41) is 0. The first-order valence-corrected chi connectivity index (χ1v) is 57.5. The molecule has 0 bridgehead atoms. The normalized spacial score (nSPS) is 12.1. The molecule has 0 aromatic heterocycles. The number of rotatable bonds is 80. The number of hydrogen-bond donors (Lipinski definition) is 6. The Morgan fingerprint density at radius 3 is 0.472 bits per heavy atom. The highest BCUT2D eigenvalue weighted by molar-refractivity contribution is 8.07. The van der Waals surface area contributed by atoms with E-state index in [1.165, 1.54) is 250 Å². The van der Waals surface area contributed by atoms with Crippen molar-refractivity contribution in [3.8, 4) is 0 Å². The van der Waals surface area contributed by atoms with Crippen molar-refractivity contribution in [2.45, 2.75) is 109 Å². The average Bonchev–Trinajstić information content (AvgIpc) is 2.98. The maximum absolute atomic E-state index is 14.4. The van der Waals surface area contributed by atoms with Gasteiger partial charge in [-0.2, -0.15) is 287 Å². The molecule has 0 rings (SSSR count). The first-order valence-electron chi connectivity index (χ1n) is 32.9. The Morgan fingerprint density at radius 1 is 0.191 bits per heavy atom. The van der Waals surface area contributed by atoms with Crippen molar-refractivity contribution in [3.63, 3.8) is 0 Å². The van der Waals surface area contributed by atoms with Gasteiger partial charge in [-0.05, 0) is 170 Å². The van der Waals surface area contributed by atoms with Crippen LogP contribution in [0, 0.1) is 10.8 Å². The molecule has 532 valence electrons. The van der Waals surface area contributed by atoms with Gasteiger partial charge in [0, 0.05) is 185 Å². The zero-order valence-electron chi connectivity index (χ0n) is 54.6. The highest BCUT2D eigenvalue weighted by Gasteiger charge is 2.32. The van der Waals surface area contributed by atoms with Crippen molar-refractivity contribution in [2.75, 3.05) is 242 Å². The lowest BCUT2D eigenvalue weighted by Gasteiger charge is -2.35. The SMILES string of the molecule is O=C(CCC(CCCSCCSCCSCCS)(CCCSCCSCCSCCS)CCCSCCSCCSCCS)CC(=O)CCC(CCCSCCSCCSCCS)(CCCSCCSCCSCCS)CCCSCCSCCSCCS. The second kappa shape index (κ2) is 81.4. The number of carbonyl (C=O) groups excluding carboxylic acids is 2. The van der Waals surface area contributed by atoms with Gasteiger partial charge < -0.3 is 0 Å². The lowest BCUT2D eigenvalue weighted by Crippen LogP contribution is -2.25. The van der Waals surface area contributed by atoms with E-state index in [4.69, 9.17) is 0 Å². The minimum absolute atomic E-state index is 0.135. The van der Waals surface area contributed by atoms with E-state index >= 15 is 0 Å². The van der Waals surface area contributed by atoms with Crippen LogP contribution in [0.1, 0.15) is 109 Å². The summed E-state index contributed by atoms with van der Waals surface area (Å²) < 4.78 is 0. The van der Waals surface area contributed by atoms with E-state index in [9.17, 15) is 9.59 Å². The highest BCUT2D eigenvalue weighted by Crippen LogP contribution is 2.43. The second-order valence-corrected chi connectivity index (χ2v) is 46.0. The molecular formula is C63H124O2S24. The monoisotopic (exact) mass is 1680 g/mol. The number of Topliss-reactive ketones (excluding diaryl/α,β-unsaturated/α-hetero) is 2. The Bertz CT molecular complexity index is 1190. The number of ketones is 2. The largest absolute Gasteiger partial charge is 0.299 e. The lowest BCUT2D eigenvalue weighted by atomic mass is 9.71. The number of carbonyl (C=O) groups is 2. The predicted molar refractivity (Wildman–Crippen MR) is 488 cm³/mol. The summed E-state index contributed by atoms with van der Waals surface area (Å²) in [7, 11) is 0. The van der Waals surface area contributed by atoms with E-state index in [1.807, 2.05) is 70.6 Å². The predicted octanol–water partition coefficient (Wildman–Crippen LogP) is 21.5. The smallest absolute Gasteiger partial charge is 0.140 e. The third kappa shape index (κ3) is 72.5. The zero-order chi connectivity index (χ0) is 64.6. The molecule has 0 aromatic rings. The Morgan fingerprint density at radius 2 is 0.326 bits per heavy atom. The van der Waals surface area contributed by atoms with Gasteiger partial charge in [0.25, 0.3) is 0 Å². The fraction of sp³-hybridized carbons (Fsp3) is 0.968. The van der Waals surface area contributed by atoms with Crippen LogP contribution < -0.4 is 0 Å². The average molecular weight is 1680 g/mol. The molecule has 0 radical (unpaired) electrons. The van der Waals surface area contributed by atoms with E-state index < -0.39 is 0 Å². The third-order valence-electron chi connectivity index (χ3n) is 14.1. The molecule has 0 aliphatic rings. The Hall–Kier alpha value is 7.74. The molecule has 0 aliphatic carbocycles. The fourth-order valence-corrected chi connectivity index (χ4v) is 29.8. The Labute approximate surface area is 661 Å². The van der Waals surface area contributed by atoms with Crippen LogP contribution in [0.15, 0.2) is 0 Å². The summed E-state index contributed by atoms with van der Waals surface area (Å²) in [5.41, 5.74) is 0.329. The van der Waals surface area contributed by atoms with E-state index in [0.717, 1.165) is 81.9 Å². The van der Waals surface area contributed by atoms with Crippen molar-refractivity contribution in [3.05, 3.63) is 0 Å². The van der Waals surface area contributed by atoms with Gasteiger partial charge in [0.1, 0.15) is 11.6 Å². The van der Waals surface area contributed by atoms with Crippen LogP contribution >= 0.6 is 287 Å². The van der Waals surface area contributed by atoms with Gasteiger partial charge in [-0.3, -0.25) is 9.59 Å². The molecule has 0 N–H and O–H groups in total. The third-order valence-corrected chi connectivity index (χ3v) is 38.6. The maximum Gasteiger partial charge on any atom is 0.140 e. The Kier molecular flexibility index (Phi) is 88.5. The molecule has 0 heterocycles. The zero-order valence-corrected chi connectivity index (χ0v) is 74.6. The molecule has 0 saturated heterocycles. The second-order valence-electron chi connectivity index (χ2n) is 21.2. The van der Waals surface area contributed by atoms with Crippen LogP contribution in [0.4, 0.5) is 0 Å². The molecule has 89 heavy (non-hydrogen) atoms. The molecule has 0 spiro atoms. The van der Waals surface area contributed by atoms with Crippen molar-refractivity contribution >= 4 is 299 Å². The van der Waals surface area contributed by atoms with Gasteiger partial charge in [-0.1, -0.05) is 0 Å². The number of hydrogen-bond acceptors (Lipinski definition) is 26. The highest BCUT2D eigenvalue weighted by atomic mass is 32.2. The van der Waals surface area contributed by atoms with Crippen molar-refractivity contribution in [2.24, 2.45) is 10.8 Å². The van der Waals surface area contributed by atoms with Crippen LogP contribution in [0.2, 0.25) is 0 Å². The van der Waals surface area contributed by atoms with Gasteiger partial charge in [-0.25, -0.2) is 0 Å². The molecule has 26 heteroatoms. The van der Waals surface area contributed by atoms with Crippen molar-refractivity contribution in [1.29, 1.82) is 0 Å². The Balaban J connectivity index is 6.25. The van der Waals surface area contributed by atoms with Crippen LogP contribution in [0.3, 0.4) is 0 Å². The quantitative estimate of drug-likeness (QED) is 0.0199. The van der Waals surface area contributed by atoms with E-state index in [0.29, 0.717) is 12.8 Å². The van der Waals surface area contributed by atoms with Crippen molar-refractivity contribution < 1.29 is 9.59 Å². The number of thiol groups is 6. The summed E-state index contributed by atoms with van der Waals surface area (Å²) in [5.74, 6) is 49.9. The van der Waals surface area contributed by atoms with Crippen LogP contribution in [0.25, 0.3) is 0 Å². The summed E-state index contributed by atoms with van der Waals surface area (Å²) in [6.45, 7) is 0. The molecule has 0 fully saturated rings. The topological polar surface area (TPSA) is 34.1 Å². The minimum Gasteiger partial charge on any atom is -0.299 e. The fourth-order valence-electron chi connectivity index (χ4n) is 9.64. The van der Waals surface area contributed by atoms with Crippen LogP contribution in [-0.4, -0.2) is 253 Å². The van der Waals surface area contributed by atoms with Crippen LogP contribution in [-0.2, 0) is 9.59 Å². The van der Waals surface area contributed by atoms with Gasteiger partial charge in [0.2, 0.25) is 0 Å². The molecule has 2 nitrogen and oxygen atoms in total. The van der Waals surface area contributed by atoms with E-state index in [-0.39, 0.29) is 28.8 Å². The summed E-state index contributed by atoms with van der Waals surface area (Å²) in [6.07, 6.45) is 17.7. The first kappa shape index (κ1) is 96.7. The first-order chi connectivity index (χ1) is 43.9. The van der Waals surface area contributed by atoms with Gasteiger partial charge in [-0.15, -0.1) is 0 Å². The summed E-state index contributed by atoms with van der Waals surface area (Å²) in [4.78, 5) is 28.8. The summed E-state index contributed by atoms with van der Waals surface area (Å²) >= 11 is 64.0.